The van der Waals surface area contributed by atoms with Gasteiger partial charge in [0.15, 0.2) is 12.1 Å². The normalized spacial score (nSPS) is 20.1. The van der Waals surface area contributed by atoms with Crippen LogP contribution in [-0.4, -0.2) is 41.4 Å². The summed E-state index contributed by atoms with van der Waals surface area (Å²) in [6.07, 6.45) is 0. The lowest BCUT2D eigenvalue weighted by Crippen LogP contribution is -2.43. The Morgan fingerprint density at radius 1 is 1.07 bits per heavy atom. The van der Waals surface area contributed by atoms with E-state index in [9.17, 15) is 14.4 Å². The van der Waals surface area contributed by atoms with Gasteiger partial charge >= 0.3 is 0 Å². The molecular weight excluding hydrogens is 406 g/mol. The Balaban J connectivity index is 1.51. The van der Waals surface area contributed by atoms with Crippen LogP contribution in [0.25, 0.3) is 0 Å². The molecule has 0 unspecified atom stereocenters. The van der Waals surface area contributed by atoms with Crippen LogP contribution in [0.2, 0.25) is 5.02 Å². The Labute approximate surface area is 178 Å². The van der Waals surface area contributed by atoms with Crippen molar-refractivity contribution in [2.24, 2.45) is 10.3 Å². The Kier molecular flexibility index (Phi) is 5.03. The molecule has 0 bridgehead atoms. The van der Waals surface area contributed by atoms with Crippen LogP contribution in [0.4, 0.5) is 11.4 Å². The topological polar surface area (TPSA) is 94.4 Å². The Morgan fingerprint density at radius 2 is 1.80 bits per heavy atom. The van der Waals surface area contributed by atoms with Gasteiger partial charge in [0, 0.05) is 10.7 Å². The first-order chi connectivity index (χ1) is 14.3. The molecule has 1 saturated heterocycles. The van der Waals surface area contributed by atoms with Gasteiger partial charge in [-0.05, 0) is 55.7 Å². The summed E-state index contributed by atoms with van der Waals surface area (Å²) in [5, 5.41) is 12.4. The Hall–Kier alpha value is -3.26. The average molecular weight is 426 g/mol. The monoisotopic (exact) mass is 425 g/mol. The third-order valence-corrected chi connectivity index (χ3v) is 5.65. The summed E-state index contributed by atoms with van der Waals surface area (Å²) in [6.45, 7) is 5.46. The number of fused-ring (bicyclic) bond motifs is 1. The molecule has 0 spiro atoms. The second-order valence-electron chi connectivity index (χ2n) is 7.50. The van der Waals surface area contributed by atoms with Gasteiger partial charge in [0.05, 0.1) is 5.69 Å². The number of nitrogens with one attached hydrogen (secondary N) is 1. The number of carbonyl (C=O) groups excluding carboxylic acids is 3. The van der Waals surface area contributed by atoms with E-state index in [0.29, 0.717) is 16.4 Å². The molecule has 154 valence electrons. The summed E-state index contributed by atoms with van der Waals surface area (Å²) >= 11 is 6.15. The molecule has 2 aromatic carbocycles. The van der Waals surface area contributed by atoms with Gasteiger partial charge in [-0.3, -0.25) is 19.4 Å². The van der Waals surface area contributed by atoms with E-state index < -0.39 is 23.9 Å². The van der Waals surface area contributed by atoms with Gasteiger partial charge in [-0.2, -0.15) is 5.11 Å². The molecule has 3 amide bonds. The maximum absolute atomic E-state index is 13.0. The van der Waals surface area contributed by atoms with Crippen LogP contribution < -0.4 is 10.2 Å². The van der Waals surface area contributed by atoms with Gasteiger partial charge in [0.25, 0.3) is 11.8 Å². The summed E-state index contributed by atoms with van der Waals surface area (Å²) in [6, 6.07) is 8.81. The number of benzene rings is 2. The number of halogens is 1. The average Bonchev–Trinajstić information content (AvgIpc) is 3.21. The predicted molar refractivity (Wildman–Crippen MR) is 112 cm³/mol. The molecular formula is C21H20ClN5O3. The second kappa shape index (κ2) is 7.53. The molecule has 2 aliphatic rings. The Bertz CT molecular complexity index is 1100. The molecule has 2 heterocycles. The lowest BCUT2D eigenvalue weighted by Gasteiger charge is -2.20. The van der Waals surface area contributed by atoms with E-state index in [1.165, 1.54) is 5.01 Å². The molecule has 1 N–H and O–H groups in total. The van der Waals surface area contributed by atoms with Crippen molar-refractivity contribution in [3.8, 4) is 0 Å². The van der Waals surface area contributed by atoms with E-state index in [0.717, 1.165) is 21.6 Å². The number of aryl methyl sites for hydroxylation is 3. The number of nitrogens with zero attached hydrogens (tertiary/aromatic N) is 4. The molecule has 0 saturated carbocycles. The SMILES string of the molecule is Cc1ccc(C)c(NC(=O)CN2N=N[C@H]3C(=O)N(c4ccc(C)c(Cl)c4)C(=O)[C@H]32)c1. The lowest BCUT2D eigenvalue weighted by molar-refractivity contribution is -0.123. The molecule has 2 aliphatic heterocycles. The van der Waals surface area contributed by atoms with Crippen LogP contribution in [0.1, 0.15) is 16.7 Å². The number of amides is 3. The summed E-state index contributed by atoms with van der Waals surface area (Å²) in [7, 11) is 0. The van der Waals surface area contributed by atoms with Gasteiger partial charge in [-0.1, -0.05) is 35.0 Å². The minimum Gasteiger partial charge on any atom is -0.324 e. The van der Waals surface area contributed by atoms with Crippen LogP contribution in [0, 0.1) is 20.8 Å². The second-order valence-corrected chi connectivity index (χ2v) is 7.91. The molecule has 2 aromatic rings. The molecule has 8 nitrogen and oxygen atoms in total. The van der Waals surface area contributed by atoms with Crippen molar-refractivity contribution in [1.82, 2.24) is 5.01 Å². The third-order valence-electron chi connectivity index (χ3n) is 5.24. The number of hydrogen-bond acceptors (Lipinski definition) is 6. The fraction of sp³-hybridized carbons (Fsp3) is 0.286. The quantitative estimate of drug-likeness (QED) is 0.761. The fourth-order valence-corrected chi connectivity index (χ4v) is 3.71. The third kappa shape index (κ3) is 3.43. The van der Waals surface area contributed by atoms with Gasteiger partial charge in [-0.25, -0.2) is 4.90 Å². The molecule has 2 atom stereocenters. The smallest absolute Gasteiger partial charge is 0.263 e. The number of hydrogen-bond donors (Lipinski definition) is 1. The van der Waals surface area contributed by atoms with Crippen molar-refractivity contribution in [2.45, 2.75) is 32.9 Å². The summed E-state index contributed by atoms with van der Waals surface area (Å²) in [5.41, 5.74) is 3.84. The summed E-state index contributed by atoms with van der Waals surface area (Å²) in [4.78, 5) is 39.4. The van der Waals surface area contributed by atoms with Crippen molar-refractivity contribution in [1.29, 1.82) is 0 Å². The molecule has 0 aliphatic carbocycles. The van der Waals surface area contributed by atoms with Crippen LogP contribution in [-0.2, 0) is 14.4 Å². The van der Waals surface area contributed by atoms with Gasteiger partial charge < -0.3 is 5.32 Å². The first-order valence-corrected chi connectivity index (χ1v) is 9.82. The molecule has 9 heteroatoms. The maximum atomic E-state index is 13.0. The van der Waals surface area contributed by atoms with E-state index in [1.807, 2.05) is 39.0 Å². The van der Waals surface area contributed by atoms with E-state index in [2.05, 4.69) is 15.7 Å². The highest BCUT2D eigenvalue weighted by molar-refractivity contribution is 6.32. The highest BCUT2D eigenvalue weighted by Gasteiger charge is 2.55. The molecule has 30 heavy (non-hydrogen) atoms. The van der Waals surface area contributed by atoms with Gasteiger partial charge in [-0.15, -0.1) is 0 Å². The minimum atomic E-state index is -0.967. The predicted octanol–water partition coefficient (Wildman–Crippen LogP) is 3.20. The van der Waals surface area contributed by atoms with E-state index in [4.69, 9.17) is 11.6 Å². The van der Waals surface area contributed by atoms with Crippen molar-refractivity contribution >= 4 is 40.7 Å². The fourth-order valence-electron chi connectivity index (χ4n) is 3.54. The van der Waals surface area contributed by atoms with Crippen molar-refractivity contribution in [3.05, 3.63) is 58.1 Å². The maximum Gasteiger partial charge on any atom is 0.263 e. The van der Waals surface area contributed by atoms with Crippen molar-refractivity contribution in [3.63, 3.8) is 0 Å². The zero-order valence-corrected chi connectivity index (χ0v) is 17.5. The van der Waals surface area contributed by atoms with E-state index in [1.54, 1.807) is 18.2 Å². The number of rotatable bonds is 4. The molecule has 0 radical (unpaired) electrons. The summed E-state index contributed by atoms with van der Waals surface area (Å²) < 4.78 is 0. The molecule has 4 rings (SSSR count). The van der Waals surface area contributed by atoms with Crippen molar-refractivity contribution < 1.29 is 14.4 Å². The first kappa shape index (κ1) is 20.0. The number of carbonyl (C=O) groups is 3. The van der Waals surface area contributed by atoms with E-state index in [-0.39, 0.29) is 12.5 Å². The number of anilines is 2. The highest BCUT2D eigenvalue weighted by atomic mass is 35.5. The zero-order chi connectivity index (χ0) is 21.6. The van der Waals surface area contributed by atoms with Gasteiger partial charge in [0.1, 0.15) is 6.54 Å². The van der Waals surface area contributed by atoms with Crippen LogP contribution in [0.15, 0.2) is 46.7 Å². The van der Waals surface area contributed by atoms with Crippen molar-refractivity contribution in [2.75, 3.05) is 16.8 Å². The van der Waals surface area contributed by atoms with Crippen LogP contribution in [0.5, 0.6) is 0 Å². The van der Waals surface area contributed by atoms with Gasteiger partial charge in [0.2, 0.25) is 5.91 Å². The van der Waals surface area contributed by atoms with Crippen LogP contribution >= 0.6 is 11.6 Å². The zero-order valence-electron chi connectivity index (χ0n) is 16.7. The number of imide groups is 1. The standard InChI is InChI=1S/C21H20ClN5O3/c1-11-4-5-13(3)16(8-11)23-17(28)10-26-19-18(24-25-26)20(29)27(21(19)30)14-7-6-12(2)15(22)9-14/h4-9,18-19H,10H2,1-3H3,(H,23,28)/t18-,19+/m1/s1. The lowest BCUT2D eigenvalue weighted by atomic mass is 10.1. The minimum absolute atomic E-state index is 0.195. The molecule has 1 fully saturated rings. The van der Waals surface area contributed by atoms with E-state index >= 15 is 0 Å². The molecule has 0 aromatic heterocycles. The first-order valence-electron chi connectivity index (χ1n) is 9.45. The highest BCUT2D eigenvalue weighted by Crippen LogP contribution is 2.33. The summed E-state index contributed by atoms with van der Waals surface area (Å²) in [5.74, 6) is -1.30. The van der Waals surface area contributed by atoms with Crippen LogP contribution in [0.3, 0.4) is 0 Å². The Morgan fingerprint density at radius 3 is 2.53 bits per heavy atom. The largest absolute Gasteiger partial charge is 0.324 e.